The van der Waals surface area contributed by atoms with E-state index in [9.17, 15) is 0 Å². The number of benzene rings is 1. The zero-order valence-electron chi connectivity index (χ0n) is 8.14. The lowest BCUT2D eigenvalue weighted by atomic mass is 9.92. The van der Waals surface area contributed by atoms with Gasteiger partial charge in [-0.05, 0) is 36.5 Å². The van der Waals surface area contributed by atoms with E-state index in [4.69, 9.17) is 0 Å². The van der Waals surface area contributed by atoms with E-state index >= 15 is 0 Å². The molecule has 1 aromatic carbocycles. The molecule has 0 saturated heterocycles. The van der Waals surface area contributed by atoms with Gasteiger partial charge in [0.05, 0.1) is 0 Å². The molecular weight excluding hydrogens is 170 g/mol. The molecule has 0 saturated carbocycles. The van der Waals surface area contributed by atoms with E-state index in [0.29, 0.717) is 0 Å². The molecule has 0 aliphatic heterocycles. The monoisotopic (exact) mass is 183 g/mol. The zero-order valence-corrected chi connectivity index (χ0v) is 8.14. The summed E-state index contributed by atoms with van der Waals surface area (Å²) < 4.78 is 0. The maximum atomic E-state index is 4.12. The molecule has 0 radical (unpaired) electrons. The summed E-state index contributed by atoms with van der Waals surface area (Å²) >= 11 is 0. The van der Waals surface area contributed by atoms with Gasteiger partial charge in [0.25, 0.3) is 0 Å². The molecule has 0 fully saturated rings. The number of aryl methyl sites for hydroxylation is 1. The summed E-state index contributed by atoms with van der Waals surface area (Å²) in [5, 5.41) is 1.38. The van der Waals surface area contributed by atoms with Crippen molar-refractivity contribution in [2.75, 3.05) is 0 Å². The molecule has 14 heavy (non-hydrogen) atoms. The van der Waals surface area contributed by atoms with Gasteiger partial charge in [-0.25, -0.2) is 0 Å². The standard InChI is InChI=1S/C13H13N/c1-9-5-4-7-11-10-6-2-3-8-12(10)14-13(9)11/h2-3,6,8,14H,1,4-5,7H2. The Hall–Kier alpha value is -1.50. The SMILES string of the molecule is C=C1CCCc2c1[nH]c1ccccc21. The number of hydrogen-bond acceptors (Lipinski definition) is 0. The van der Waals surface area contributed by atoms with Crippen molar-refractivity contribution in [1.82, 2.24) is 4.98 Å². The van der Waals surface area contributed by atoms with Gasteiger partial charge in [-0.1, -0.05) is 24.8 Å². The van der Waals surface area contributed by atoms with Gasteiger partial charge in [0, 0.05) is 16.6 Å². The number of para-hydroxylation sites is 1. The van der Waals surface area contributed by atoms with Crippen LogP contribution in [0.3, 0.4) is 0 Å². The molecule has 1 heterocycles. The molecular formula is C13H13N. The Bertz CT molecular complexity index is 505. The highest BCUT2D eigenvalue weighted by Gasteiger charge is 2.17. The van der Waals surface area contributed by atoms with Crippen LogP contribution in [0.1, 0.15) is 24.1 Å². The Kier molecular flexibility index (Phi) is 1.54. The van der Waals surface area contributed by atoms with Gasteiger partial charge in [-0.15, -0.1) is 0 Å². The fraction of sp³-hybridized carbons (Fsp3) is 0.231. The minimum atomic E-state index is 1.14. The van der Waals surface area contributed by atoms with Crippen LogP contribution < -0.4 is 0 Å². The highest BCUT2D eigenvalue weighted by Crippen LogP contribution is 2.33. The van der Waals surface area contributed by atoms with E-state index in [1.165, 1.54) is 40.6 Å². The van der Waals surface area contributed by atoms with Crippen LogP contribution in [-0.2, 0) is 6.42 Å². The van der Waals surface area contributed by atoms with Crippen LogP contribution in [0.15, 0.2) is 30.8 Å². The Balaban J connectivity index is 2.38. The van der Waals surface area contributed by atoms with Crippen molar-refractivity contribution >= 4 is 16.5 Å². The van der Waals surface area contributed by atoms with Crippen LogP contribution in [0, 0.1) is 0 Å². The Morgan fingerprint density at radius 3 is 2.93 bits per heavy atom. The number of fused-ring (bicyclic) bond motifs is 3. The minimum absolute atomic E-state index is 1.14. The number of rotatable bonds is 0. The molecule has 2 aromatic rings. The maximum absolute atomic E-state index is 4.12. The number of aromatic amines is 1. The van der Waals surface area contributed by atoms with Crippen LogP contribution in [0.4, 0.5) is 0 Å². The van der Waals surface area contributed by atoms with E-state index in [1.54, 1.807) is 0 Å². The topological polar surface area (TPSA) is 15.8 Å². The first-order chi connectivity index (χ1) is 6.86. The maximum Gasteiger partial charge on any atom is 0.0461 e. The van der Waals surface area contributed by atoms with E-state index in [0.717, 1.165) is 6.42 Å². The number of nitrogens with one attached hydrogen (secondary N) is 1. The van der Waals surface area contributed by atoms with Crippen LogP contribution in [0.25, 0.3) is 16.5 Å². The van der Waals surface area contributed by atoms with Crippen molar-refractivity contribution < 1.29 is 0 Å². The number of allylic oxidation sites excluding steroid dienone is 1. The van der Waals surface area contributed by atoms with Crippen LogP contribution in [0.5, 0.6) is 0 Å². The average Bonchev–Trinajstić information content (AvgIpc) is 2.59. The van der Waals surface area contributed by atoms with Crippen molar-refractivity contribution in [3.05, 3.63) is 42.1 Å². The molecule has 1 N–H and O–H groups in total. The molecule has 0 unspecified atom stereocenters. The molecule has 1 heteroatoms. The Morgan fingerprint density at radius 1 is 1.14 bits per heavy atom. The Labute approximate surface area is 83.5 Å². The van der Waals surface area contributed by atoms with Crippen molar-refractivity contribution in [3.8, 4) is 0 Å². The van der Waals surface area contributed by atoms with Crippen molar-refractivity contribution in [3.63, 3.8) is 0 Å². The third-order valence-corrected chi connectivity index (χ3v) is 3.07. The van der Waals surface area contributed by atoms with Gasteiger partial charge < -0.3 is 4.98 Å². The van der Waals surface area contributed by atoms with E-state index in [1.807, 2.05) is 0 Å². The molecule has 1 aromatic heterocycles. The Morgan fingerprint density at radius 2 is 2.00 bits per heavy atom. The van der Waals surface area contributed by atoms with Crippen LogP contribution in [-0.4, -0.2) is 4.98 Å². The molecule has 70 valence electrons. The number of aromatic nitrogens is 1. The largest absolute Gasteiger partial charge is 0.355 e. The average molecular weight is 183 g/mol. The molecule has 0 amide bonds. The van der Waals surface area contributed by atoms with Crippen molar-refractivity contribution in [2.45, 2.75) is 19.3 Å². The second kappa shape index (κ2) is 2.74. The number of hydrogen-bond donors (Lipinski definition) is 1. The second-order valence-electron chi connectivity index (χ2n) is 3.98. The highest BCUT2D eigenvalue weighted by molar-refractivity contribution is 5.89. The van der Waals surface area contributed by atoms with Gasteiger partial charge in [0.1, 0.15) is 0 Å². The van der Waals surface area contributed by atoms with E-state index < -0.39 is 0 Å². The fourth-order valence-corrected chi connectivity index (χ4v) is 2.37. The molecule has 0 spiro atoms. The van der Waals surface area contributed by atoms with Crippen LogP contribution in [0.2, 0.25) is 0 Å². The second-order valence-corrected chi connectivity index (χ2v) is 3.98. The highest BCUT2D eigenvalue weighted by atomic mass is 14.7. The van der Waals surface area contributed by atoms with Crippen molar-refractivity contribution in [2.24, 2.45) is 0 Å². The predicted molar refractivity (Wildman–Crippen MR) is 60.3 cm³/mol. The van der Waals surface area contributed by atoms with Gasteiger partial charge in [-0.2, -0.15) is 0 Å². The van der Waals surface area contributed by atoms with E-state index in [2.05, 4.69) is 35.8 Å². The molecule has 3 rings (SSSR count). The predicted octanol–water partition coefficient (Wildman–Crippen LogP) is 3.52. The van der Waals surface area contributed by atoms with Gasteiger partial charge in [0.2, 0.25) is 0 Å². The summed E-state index contributed by atoms with van der Waals surface area (Å²) in [5.41, 5.74) is 5.28. The normalized spacial score (nSPS) is 15.9. The summed E-state index contributed by atoms with van der Waals surface area (Å²) in [6.45, 7) is 4.12. The first-order valence-corrected chi connectivity index (χ1v) is 5.14. The number of H-pyrrole nitrogens is 1. The summed E-state index contributed by atoms with van der Waals surface area (Å²) in [7, 11) is 0. The third kappa shape index (κ3) is 0.955. The summed E-state index contributed by atoms with van der Waals surface area (Å²) in [5.74, 6) is 0. The van der Waals surface area contributed by atoms with Gasteiger partial charge >= 0.3 is 0 Å². The molecule has 0 atom stereocenters. The summed E-state index contributed by atoms with van der Waals surface area (Å²) in [6, 6.07) is 8.52. The minimum Gasteiger partial charge on any atom is -0.355 e. The van der Waals surface area contributed by atoms with Gasteiger partial charge in [-0.3, -0.25) is 0 Å². The lowest BCUT2D eigenvalue weighted by Crippen LogP contribution is -1.98. The molecule has 1 nitrogen and oxygen atoms in total. The summed E-state index contributed by atoms with van der Waals surface area (Å²) in [6.07, 6.45) is 3.58. The lowest BCUT2D eigenvalue weighted by Gasteiger charge is -2.13. The van der Waals surface area contributed by atoms with Crippen LogP contribution >= 0.6 is 0 Å². The molecule has 0 bridgehead atoms. The van der Waals surface area contributed by atoms with E-state index in [-0.39, 0.29) is 0 Å². The quantitative estimate of drug-likeness (QED) is 0.643. The zero-order chi connectivity index (χ0) is 9.54. The van der Waals surface area contributed by atoms with Gasteiger partial charge in [0.15, 0.2) is 0 Å². The smallest absolute Gasteiger partial charge is 0.0461 e. The fourth-order valence-electron chi connectivity index (χ4n) is 2.37. The third-order valence-electron chi connectivity index (χ3n) is 3.07. The van der Waals surface area contributed by atoms with Crippen molar-refractivity contribution in [1.29, 1.82) is 0 Å². The first kappa shape index (κ1) is 7.86. The molecule has 1 aliphatic rings. The first-order valence-electron chi connectivity index (χ1n) is 5.14. The summed E-state index contributed by atoms with van der Waals surface area (Å²) in [4.78, 5) is 3.47. The molecule has 1 aliphatic carbocycles. The lowest BCUT2D eigenvalue weighted by molar-refractivity contribution is 0.825.